The Kier molecular flexibility index (Phi) is 8.89. The third kappa shape index (κ3) is 6.40. The number of piperazine rings is 2. The second-order valence-corrected chi connectivity index (χ2v) is 14.0. The molecule has 2 fully saturated rings. The highest BCUT2D eigenvalue weighted by Gasteiger charge is 2.34. The first-order chi connectivity index (χ1) is 19.3. The van der Waals surface area contributed by atoms with E-state index in [-0.39, 0.29) is 15.5 Å². The van der Waals surface area contributed by atoms with Gasteiger partial charge in [-0.2, -0.15) is 8.61 Å². The fourth-order valence-corrected chi connectivity index (χ4v) is 8.37. The van der Waals surface area contributed by atoms with Gasteiger partial charge < -0.3 is 4.74 Å². The summed E-state index contributed by atoms with van der Waals surface area (Å²) in [5.41, 5.74) is 2.36. The summed E-state index contributed by atoms with van der Waals surface area (Å²) in [6, 6.07) is 24.3. The zero-order valence-electron chi connectivity index (χ0n) is 22.7. The summed E-state index contributed by atoms with van der Waals surface area (Å²) in [6.07, 6.45) is 0. The van der Waals surface area contributed by atoms with Gasteiger partial charge in [0.05, 0.1) is 12.0 Å². The van der Waals surface area contributed by atoms with Crippen LogP contribution in [0.2, 0.25) is 0 Å². The summed E-state index contributed by atoms with van der Waals surface area (Å²) in [6.45, 7) is 5.20. The lowest BCUT2D eigenvalue weighted by atomic mass is 10.2. The highest BCUT2D eigenvalue weighted by molar-refractivity contribution is 7.90. The monoisotopic (exact) mass is 584 g/mol. The van der Waals surface area contributed by atoms with E-state index < -0.39 is 20.0 Å². The van der Waals surface area contributed by atoms with Crippen LogP contribution in [0.4, 0.5) is 0 Å². The quantitative estimate of drug-likeness (QED) is 0.382. The molecule has 40 heavy (non-hydrogen) atoms. The molecule has 0 radical (unpaired) electrons. The minimum atomic E-state index is -3.97. The number of nitrogens with zero attached hydrogens (tertiary/aromatic N) is 4. The van der Waals surface area contributed by atoms with Crippen molar-refractivity contribution in [2.75, 3.05) is 59.5 Å². The molecule has 0 unspecified atom stereocenters. The van der Waals surface area contributed by atoms with Gasteiger partial charge in [0.1, 0.15) is 10.6 Å². The second kappa shape index (κ2) is 12.4. The predicted molar refractivity (Wildman–Crippen MR) is 154 cm³/mol. The molecule has 11 heteroatoms. The van der Waals surface area contributed by atoms with Gasteiger partial charge in [-0.15, -0.1) is 0 Å². The molecule has 0 aromatic heterocycles. The average molecular weight is 585 g/mol. The van der Waals surface area contributed by atoms with Crippen LogP contribution in [-0.4, -0.2) is 94.7 Å². The van der Waals surface area contributed by atoms with Gasteiger partial charge in [0.2, 0.25) is 20.0 Å². The number of rotatable bonds is 9. The third-order valence-corrected chi connectivity index (χ3v) is 11.4. The lowest BCUT2D eigenvalue weighted by molar-refractivity contribution is 0.181. The Morgan fingerprint density at radius 3 is 1.50 bits per heavy atom. The zero-order valence-corrected chi connectivity index (χ0v) is 24.4. The van der Waals surface area contributed by atoms with E-state index in [1.807, 2.05) is 36.4 Å². The average Bonchev–Trinajstić information content (AvgIpc) is 2.98. The van der Waals surface area contributed by atoms with Gasteiger partial charge in [-0.05, 0) is 29.3 Å². The van der Waals surface area contributed by atoms with Crippen LogP contribution in [0.1, 0.15) is 11.1 Å². The Morgan fingerprint density at radius 1 is 0.600 bits per heavy atom. The van der Waals surface area contributed by atoms with Gasteiger partial charge in [0.15, 0.2) is 0 Å². The number of sulfonamides is 2. The molecule has 2 heterocycles. The van der Waals surface area contributed by atoms with Crippen molar-refractivity contribution in [2.45, 2.75) is 22.9 Å². The van der Waals surface area contributed by atoms with Crippen LogP contribution in [0.3, 0.4) is 0 Å². The van der Waals surface area contributed by atoms with Crippen molar-refractivity contribution in [2.24, 2.45) is 0 Å². The Balaban J connectivity index is 1.27. The molecule has 214 valence electrons. The number of ether oxygens (including phenoxy) is 1. The fraction of sp³-hybridized carbons (Fsp3) is 0.379. The van der Waals surface area contributed by atoms with E-state index in [4.69, 9.17) is 4.74 Å². The van der Waals surface area contributed by atoms with Gasteiger partial charge >= 0.3 is 0 Å². The maximum atomic E-state index is 13.7. The van der Waals surface area contributed by atoms with Crippen molar-refractivity contribution in [3.8, 4) is 5.75 Å². The smallest absolute Gasteiger partial charge is 0.246 e. The molecule has 3 aromatic rings. The summed E-state index contributed by atoms with van der Waals surface area (Å²) >= 11 is 0. The van der Waals surface area contributed by atoms with Gasteiger partial charge in [-0.25, -0.2) is 16.8 Å². The van der Waals surface area contributed by atoms with Gasteiger partial charge in [-0.1, -0.05) is 60.7 Å². The number of hydrogen-bond donors (Lipinski definition) is 0. The Hall–Kier alpha value is -2.80. The van der Waals surface area contributed by atoms with Crippen LogP contribution < -0.4 is 4.74 Å². The minimum absolute atomic E-state index is 0.0360. The van der Waals surface area contributed by atoms with Crippen molar-refractivity contribution >= 4 is 20.0 Å². The zero-order chi connectivity index (χ0) is 28.2. The van der Waals surface area contributed by atoms with Crippen LogP contribution >= 0.6 is 0 Å². The maximum absolute atomic E-state index is 13.7. The van der Waals surface area contributed by atoms with E-state index in [0.717, 1.165) is 13.1 Å². The highest BCUT2D eigenvalue weighted by atomic mass is 32.2. The predicted octanol–water partition coefficient (Wildman–Crippen LogP) is 2.71. The molecule has 0 spiro atoms. The minimum Gasteiger partial charge on any atom is -0.495 e. The second-order valence-electron chi connectivity index (χ2n) is 10.1. The van der Waals surface area contributed by atoms with E-state index in [0.29, 0.717) is 52.4 Å². The summed E-state index contributed by atoms with van der Waals surface area (Å²) < 4.78 is 62.8. The molecule has 0 saturated carbocycles. The molecule has 9 nitrogen and oxygen atoms in total. The molecule has 0 amide bonds. The van der Waals surface area contributed by atoms with E-state index in [1.54, 1.807) is 0 Å². The van der Waals surface area contributed by atoms with Crippen molar-refractivity contribution in [3.05, 3.63) is 90.0 Å². The van der Waals surface area contributed by atoms with Crippen LogP contribution in [-0.2, 0) is 33.1 Å². The molecule has 0 N–H and O–H groups in total. The first kappa shape index (κ1) is 28.7. The lowest BCUT2D eigenvalue weighted by Gasteiger charge is -2.35. The molecule has 2 saturated heterocycles. The van der Waals surface area contributed by atoms with Crippen LogP contribution in [0.25, 0.3) is 0 Å². The van der Waals surface area contributed by atoms with Crippen molar-refractivity contribution in [3.63, 3.8) is 0 Å². The Bertz CT molecular complexity index is 1490. The molecule has 0 aliphatic carbocycles. The molecule has 0 atom stereocenters. The van der Waals surface area contributed by atoms with Gasteiger partial charge in [-0.3, -0.25) is 9.80 Å². The topological polar surface area (TPSA) is 90.5 Å². The maximum Gasteiger partial charge on any atom is 0.246 e. The molecule has 2 aliphatic heterocycles. The van der Waals surface area contributed by atoms with E-state index in [1.165, 1.54) is 45.0 Å². The first-order valence-corrected chi connectivity index (χ1v) is 16.4. The fourth-order valence-electron chi connectivity index (χ4n) is 5.25. The summed E-state index contributed by atoms with van der Waals surface area (Å²) in [5, 5.41) is 0. The Labute approximate surface area is 237 Å². The van der Waals surface area contributed by atoms with Crippen molar-refractivity contribution in [1.29, 1.82) is 0 Å². The van der Waals surface area contributed by atoms with E-state index >= 15 is 0 Å². The number of hydrogen-bond acceptors (Lipinski definition) is 7. The molecule has 0 bridgehead atoms. The van der Waals surface area contributed by atoms with Crippen LogP contribution in [0.15, 0.2) is 88.7 Å². The van der Waals surface area contributed by atoms with Crippen LogP contribution in [0, 0.1) is 0 Å². The summed E-state index contributed by atoms with van der Waals surface area (Å²) in [4.78, 5) is 4.29. The van der Waals surface area contributed by atoms with Crippen LogP contribution in [0.5, 0.6) is 5.75 Å². The number of methoxy groups -OCH3 is 1. The SMILES string of the molecule is COc1ccc(S(=O)(=O)N2CCN(Cc3ccccc3)CC2)cc1S(=O)(=O)N1CCN(Cc2ccccc2)CC1. The van der Waals surface area contributed by atoms with Gasteiger partial charge in [0, 0.05) is 65.4 Å². The largest absolute Gasteiger partial charge is 0.495 e. The van der Waals surface area contributed by atoms with Crippen molar-refractivity contribution in [1.82, 2.24) is 18.4 Å². The van der Waals surface area contributed by atoms with E-state index in [2.05, 4.69) is 34.1 Å². The molecule has 2 aliphatic rings. The molecule has 3 aromatic carbocycles. The summed E-state index contributed by atoms with van der Waals surface area (Å²) in [7, 11) is -6.45. The number of benzene rings is 3. The lowest BCUT2D eigenvalue weighted by Crippen LogP contribution is -2.48. The highest BCUT2D eigenvalue weighted by Crippen LogP contribution is 2.31. The summed E-state index contributed by atoms with van der Waals surface area (Å²) in [5.74, 6) is 0.137. The normalized spacial score (nSPS) is 18.5. The van der Waals surface area contributed by atoms with E-state index in [9.17, 15) is 16.8 Å². The molecule has 5 rings (SSSR count). The Morgan fingerprint density at radius 2 is 1.05 bits per heavy atom. The first-order valence-electron chi connectivity index (χ1n) is 13.5. The molecular weight excluding hydrogens is 548 g/mol. The third-order valence-electron chi connectivity index (χ3n) is 7.55. The standard InChI is InChI=1S/C29H36N4O5S2/c1-38-28-13-12-27(39(34,35)32-18-14-30(15-19-32)23-25-8-4-2-5-9-25)22-29(28)40(36,37)33-20-16-31(17-21-33)24-26-10-6-3-7-11-26/h2-13,22H,14-21,23-24H2,1H3. The van der Waals surface area contributed by atoms with Gasteiger partial charge in [0.25, 0.3) is 0 Å². The van der Waals surface area contributed by atoms with Crippen molar-refractivity contribution < 1.29 is 21.6 Å². The molecular formula is C29H36N4O5S2.